The average Bonchev–Trinajstić information content (AvgIpc) is 2.80. The van der Waals surface area contributed by atoms with Gasteiger partial charge < -0.3 is 15.7 Å². The molecule has 118 valence electrons. The average molecular weight is 292 g/mol. The summed E-state index contributed by atoms with van der Waals surface area (Å²) in [4.78, 5) is 8.79. The van der Waals surface area contributed by atoms with Crippen LogP contribution in [0.1, 0.15) is 31.4 Å². The SMILES string of the molecule is CCC(N)C(c1cccnc1)N1CC(O)CC1CN(C)C. The van der Waals surface area contributed by atoms with E-state index in [1.165, 1.54) is 0 Å². The minimum Gasteiger partial charge on any atom is -0.392 e. The van der Waals surface area contributed by atoms with Gasteiger partial charge in [0.05, 0.1) is 12.1 Å². The Morgan fingerprint density at radius 2 is 2.29 bits per heavy atom. The van der Waals surface area contributed by atoms with Crippen LogP contribution in [0.2, 0.25) is 0 Å². The van der Waals surface area contributed by atoms with Gasteiger partial charge in [0.1, 0.15) is 0 Å². The Labute approximate surface area is 127 Å². The molecule has 2 heterocycles. The second-order valence-corrected chi connectivity index (χ2v) is 6.31. The molecule has 4 atom stereocenters. The maximum atomic E-state index is 10.1. The predicted octanol–water partition coefficient (Wildman–Crippen LogP) is 0.857. The molecule has 0 aromatic carbocycles. The van der Waals surface area contributed by atoms with E-state index in [0.717, 1.165) is 24.9 Å². The van der Waals surface area contributed by atoms with E-state index in [4.69, 9.17) is 5.73 Å². The summed E-state index contributed by atoms with van der Waals surface area (Å²) in [5.74, 6) is 0. The van der Waals surface area contributed by atoms with E-state index in [1.807, 2.05) is 12.3 Å². The molecule has 0 aliphatic carbocycles. The highest BCUT2D eigenvalue weighted by Crippen LogP contribution is 2.32. The highest BCUT2D eigenvalue weighted by atomic mass is 16.3. The van der Waals surface area contributed by atoms with Crippen molar-refractivity contribution in [1.82, 2.24) is 14.8 Å². The van der Waals surface area contributed by atoms with Crippen LogP contribution >= 0.6 is 0 Å². The summed E-state index contributed by atoms with van der Waals surface area (Å²) in [6.45, 7) is 3.73. The quantitative estimate of drug-likeness (QED) is 0.814. The molecule has 0 saturated carbocycles. The highest BCUT2D eigenvalue weighted by molar-refractivity contribution is 5.17. The van der Waals surface area contributed by atoms with Crippen molar-refractivity contribution in [2.45, 2.75) is 44.0 Å². The van der Waals surface area contributed by atoms with Crippen LogP contribution in [0.3, 0.4) is 0 Å². The normalized spacial score (nSPS) is 26.2. The number of aliphatic hydroxyl groups is 1. The minimum absolute atomic E-state index is 0.0455. The Kier molecular flexibility index (Phi) is 5.70. The molecule has 5 heteroatoms. The molecule has 4 unspecified atom stereocenters. The number of hydrogen-bond acceptors (Lipinski definition) is 5. The summed E-state index contributed by atoms with van der Waals surface area (Å²) in [5, 5.41) is 10.1. The van der Waals surface area contributed by atoms with Crippen LogP contribution in [0.25, 0.3) is 0 Å². The number of aromatic nitrogens is 1. The van der Waals surface area contributed by atoms with Gasteiger partial charge in [0.15, 0.2) is 0 Å². The van der Waals surface area contributed by atoms with Gasteiger partial charge in [-0.05, 0) is 38.6 Å². The van der Waals surface area contributed by atoms with E-state index in [-0.39, 0.29) is 18.2 Å². The van der Waals surface area contributed by atoms with E-state index in [0.29, 0.717) is 12.6 Å². The van der Waals surface area contributed by atoms with Crippen LogP contribution in [0.4, 0.5) is 0 Å². The fourth-order valence-electron chi connectivity index (χ4n) is 3.32. The number of pyridine rings is 1. The molecule has 1 aliphatic rings. The Morgan fingerprint density at radius 1 is 1.52 bits per heavy atom. The fourth-order valence-corrected chi connectivity index (χ4v) is 3.32. The number of hydrogen-bond donors (Lipinski definition) is 2. The largest absolute Gasteiger partial charge is 0.392 e. The van der Waals surface area contributed by atoms with Crippen LogP contribution in [-0.4, -0.2) is 65.3 Å². The number of rotatable bonds is 6. The predicted molar refractivity (Wildman–Crippen MR) is 84.9 cm³/mol. The van der Waals surface area contributed by atoms with Crippen LogP contribution in [-0.2, 0) is 0 Å². The molecule has 1 aliphatic heterocycles. The number of β-amino-alcohol motifs (C(OH)–C–C–N with tert-alkyl or cyclic N) is 1. The maximum absolute atomic E-state index is 10.1. The minimum atomic E-state index is -0.266. The topological polar surface area (TPSA) is 65.6 Å². The van der Waals surface area contributed by atoms with E-state index < -0.39 is 0 Å². The molecule has 0 amide bonds. The Morgan fingerprint density at radius 3 is 2.86 bits per heavy atom. The lowest BCUT2D eigenvalue weighted by atomic mass is 9.97. The van der Waals surface area contributed by atoms with E-state index >= 15 is 0 Å². The summed E-state index contributed by atoms with van der Waals surface area (Å²) in [6.07, 6.45) is 5.14. The van der Waals surface area contributed by atoms with Gasteiger partial charge in [-0.1, -0.05) is 13.0 Å². The van der Waals surface area contributed by atoms with Crippen molar-refractivity contribution in [3.8, 4) is 0 Å². The van der Waals surface area contributed by atoms with Gasteiger partial charge in [-0.2, -0.15) is 0 Å². The standard InChI is InChI=1S/C16H28N4O/c1-4-15(17)16(12-6-5-7-18-9-12)20-11-14(21)8-13(20)10-19(2)3/h5-7,9,13-16,21H,4,8,10-11,17H2,1-3H3. The van der Waals surface area contributed by atoms with Crippen molar-refractivity contribution in [3.63, 3.8) is 0 Å². The molecule has 21 heavy (non-hydrogen) atoms. The monoisotopic (exact) mass is 292 g/mol. The molecule has 0 spiro atoms. The molecule has 1 fully saturated rings. The van der Waals surface area contributed by atoms with Crippen molar-refractivity contribution in [3.05, 3.63) is 30.1 Å². The lowest BCUT2D eigenvalue weighted by Crippen LogP contribution is -2.46. The summed E-state index contributed by atoms with van der Waals surface area (Å²) >= 11 is 0. The number of likely N-dealkylation sites (N-methyl/N-ethyl adjacent to an activating group) is 1. The van der Waals surface area contributed by atoms with Crippen molar-refractivity contribution < 1.29 is 5.11 Å². The van der Waals surface area contributed by atoms with E-state index in [9.17, 15) is 5.11 Å². The summed E-state index contributed by atoms with van der Waals surface area (Å²) in [7, 11) is 4.14. The zero-order chi connectivity index (χ0) is 15.4. The van der Waals surface area contributed by atoms with E-state index in [2.05, 4.69) is 41.9 Å². The molecular formula is C16H28N4O. The van der Waals surface area contributed by atoms with Crippen molar-refractivity contribution in [1.29, 1.82) is 0 Å². The van der Waals surface area contributed by atoms with Gasteiger partial charge in [-0.15, -0.1) is 0 Å². The molecule has 1 saturated heterocycles. The van der Waals surface area contributed by atoms with Crippen LogP contribution in [0.5, 0.6) is 0 Å². The first-order valence-electron chi connectivity index (χ1n) is 7.77. The van der Waals surface area contributed by atoms with Gasteiger partial charge in [-0.25, -0.2) is 0 Å². The third-order valence-electron chi connectivity index (χ3n) is 4.27. The molecular weight excluding hydrogens is 264 g/mol. The van der Waals surface area contributed by atoms with Crippen molar-refractivity contribution >= 4 is 0 Å². The number of nitrogens with two attached hydrogens (primary N) is 1. The Balaban J connectivity index is 2.26. The first kappa shape index (κ1) is 16.4. The summed E-state index contributed by atoms with van der Waals surface area (Å²) < 4.78 is 0. The van der Waals surface area contributed by atoms with Gasteiger partial charge in [0.2, 0.25) is 0 Å². The van der Waals surface area contributed by atoms with Gasteiger partial charge in [-0.3, -0.25) is 9.88 Å². The first-order valence-corrected chi connectivity index (χ1v) is 7.77. The van der Waals surface area contributed by atoms with Crippen LogP contribution in [0.15, 0.2) is 24.5 Å². The third kappa shape index (κ3) is 4.01. The maximum Gasteiger partial charge on any atom is 0.0682 e. The molecule has 1 aromatic rings. The first-order chi connectivity index (χ1) is 10.0. The fraction of sp³-hybridized carbons (Fsp3) is 0.688. The number of likely N-dealkylation sites (tertiary alicyclic amines) is 1. The van der Waals surface area contributed by atoms with E-state index in [1.54, 1.807) is 6.20 Å². The van der Waals surface area contributed by atoms with Gasteiger partial charge in [0.25, 0.3) is 0 Å². The lowest BCUT2D eigenvalue weighted by molar-refractivity contribution is 0.119. The number of nitrogens with zero attached hydrogens (tertiary/aromatic N) is 3. The second-order valence-electron chi connectivity index (χ2n) is 6.31. The zero-order valence-corrected chi connectivity index (χ0v) is 13.3. The molecule has 3 N–H and O–H groups in total. The third-order valence-corrected chi connectivity index (χ3v) is 4.27. The Hall–Kier alpha value is -1.01. The highest BCUT2D eigenvalue weighted by Gasteiger charge is 2.38. The van der Waals surface area contributed by atoms with Gasteiger partial charge in [0, 0.05) is 37.6 Å². The number of aliphatic hydroxyl groups excluding tert-OH is 1. The van der Waals surface area contributed by atoms with Crippen molar-refractivity contribution in [2.24, 2.45) is 5.73 Å². The summed E-state index contributed by atoms with van der Waals surface area (Å²) in [5.41, 5.74) is 7.55. The molecule has 0 bridgehead atoms. The van der Waals surface area contributed by atoms with Crippen LogP contribution in [0, 0.1) is 0 Å². The summed E-state index contributed by atoms with van der Waals surface area (Å²) in [6, 6.07) is 4.54. The molecule has 0 radical (unpaired) electrons. The molecule has 5 nitrogen and oxygen atoms in total. The van der Waals surface area contributed by atoms with Crippen LogP contribution < -0.4 is 5.73 Å². The van der Waals surface area contributed by atoms with Crippen molar-refractivity contribution in [2.75, 3.05) is 27.2 Å². The lowest BCUT2D eigenvalue weighted by Gasteiger charge is -2.37. The molecule has 1 aromatic heterocycles. The smallest absolute Gasteiger partial charge is 0.0682 e. The second kappa shape index (κ2) is 7.31. The zero-order valence-electron chi connectivity index (χ0n) is 13.3. The Bertz CT molecular complexity index is 426. The van der Waals surface area contributed by atoms with Gasteiger partial charge >= 0.3 is 0 Å². The molecule has 2 rings (SSSR count).